The molecule has 19 heavy (non-hydrogen) atoms. The molecule has 0 amide bonds. The molecule has 5 nitrogen and oxygen atoms in total. The van der Waals surface area contributed by atoms with Crippen molar-refractivity contribution < 1.29 is 12.8 Å². The van der Waals surface area contributed by atoms with E-state index in [-0.39, 0.29) is 17.5 Å². The molecule has 0 bridgehead atoms. The fourth-order valence-electron chi connectivity index (χ4n) is 2.01. The van der Waals surface area contributed by atoms with Crippen LogP contribution in [-0.4, -0.2) is 26.5 Å². The van der Waals surface area contributed by atoms with Crippen molar-refractivity contribution in [1.29, 1.82) is 0 Å². The normalized spacial score (nSPS) is 13.7. The predicted octanol–water partition coefficient (Wildman–Crippen LogP) is 1.78. The summed E-state index contributed by atoms with van der Waals surface area (Å²) in [5.41, 5.74) is 6.19. The van der Waals surface area contributed by atoms with Crippen molar-refractivity contribution in [2.45, 2.75) is 44.7 Å². The Balaban J connectivity index is 3.13. The Bertz CT molecular complexity index is 523. The number of hydrogen-bond donors (Lipinski definition) is 2. The molecule has 0 radical (unpaired) electrons. The quantitative estimate of drug-likeness (QED) is 0.802. The van der Waals surface area contributed by atoms with E-state index in [4.69, 9.17) is 10.2 Å². The fourth-order valence-corrected chi connectivity index (χ4v) is 4.62. The summed E-state index contributed by atoms with van der Waals surface area (Å²) >= 11 is 1.61. The van der Waals surface area contributed by atoms with E-state index in [1.165, 1.54) is 0 Å². The van der Waals surface area contributed by atoms with E-state index >= 15 is 0 Å². The Hall–Kier alpha value is -0.500. The molecule has 0 aliphatic carbocycles. The molecular formula is C12H22N2O3S2. The van der Waals surface area contributed by atoms with Gasteiger partial charge in [0.25, 0.3) is 0 Å². The minimum absolute atomic E-state index is 0.0831. The molecule has 0 aromatic carbocycles. The molecule has 1 aromatic heterocycles. The van der Waals surface area contributed by atoms with Crippen LogP contribution < -0.4 is 10.5 Å². The van der Waals surface area contributed by atoms with Crippen molar-refractivity contribution in [2.24, 2.45) is 5.73 Å². The number of sulfonamides is 1. The lowest BCUT2D eigenvalue weighted by atomic mass is 10.2. The highest BCUT2D eigenvalue weighted by Crippen LogP contribution is 2.26. The van der Waals surface area contributed by atoms with Crippen molar-refractivity contribution >= 4 is 21.8 Å². The topological polar surface area (TPSA) is 85.3 Å². The summed E-state index contributed by atoms with van der Waals surface area (Å²) in [7, 11) is -3.58. The molecule has 1 rings (SSSR count). The van der Waals surface area contributed by atoms with Gasteiger partial charge < -0.3 is 10.2 Å². The zero-order valence-corrected chi connectivity index (χ0v) is 13.5. The third-order valence-corrected chi connectivity index (χ3v) is 5.43. The first-order valence-corrected chi connectivity index (χ1v) is 9.05. The summed E-state index contributed by atoms with van der Waals surface area (Å²) in [5, 5.41) is 0. The van der Waals surface area contributed by atoms with Crippen LogP contribution in [0.25, 0.3) is 0 Å². The van der Waals surface area contributed by atoms with Crippen molar-refractivity contribution in [1.82, 2.24) is 4.72 Å². The maximum atomic E-state index is 12.5. The molecule has 0 saturated carbocycles. The van der Waals surface area contributed by atoms with Crippen LogP contribution in [0.5, 0.6) is 0 Å². The van der Waals surface area contributed by atoms with Gasteiger partial charge in [0.15, 0.2) is 0 Å². The number of nitrogens with one attached hydrogen (secondary N) is 1. The number of thioether (sulfide) groups is 1. The van der Waals surface area contributed by atoms with Gasteiger partial charge in [-0.2, -0.15) is 11.8 Å². The van der Waals surface area contributed by atoms with Crippen LogP contribution in [0.3, 0.4) is 0 Å². The standard InChI is InChI=1S/C12H22N2O3S2/c1-5-10(7-18-4)14-19(15,16)12-9(3)17-8(2)11(12)6-13/h10,14H,5-7,13H2,1-4H3. The lowest BCUT2D eigenvalue weighted by Crippen LogP contribution is -2.36. The van der Waals surface area contributed by atoms with E-state index in [0.717, 1.165) is 12.2 Å². The molecule has 0 saturated heterocycles. The van der Waals surface area contributed by atoms with Gasteiger partial charge in [-0.25, -0.2) is 13.1 Å². The molecule has 1 aromatic rings. The molecule has 7 heteroatoms. The number of nitrogens with two attached hydrogens (primary N) is 1. The van der Waals surface area contributed by atoms with Gasteiger partial charge in [0.2, 0.25) is 10.0 Å². The van der Waals surface area contributed by atoms with Crippen LogP contribution in [0.2, 0.25) is 0 Å². The van der Waals surface area contributed by atoms with E-state index in [2.05, 4.69) is 4.72 Å². The second kappa shape index (κ2) is 6.78. The molecular weight excluding hydrogens is 284 g/mol. The van der Waals surface area contributed by atoms with Crippen LogP contribution >= 0.6 is 11.8 Å². The van der Waals surface area contributed by atoms with Gasteiger partial charge in [0.1, 0.15) is 16.4 Å². The molecule has 110 valence electrons. The average Bonchev–Trinajstić information content (AvgIpc) is 2.63. The van der Waals surface area contributed by atoms with E-state index in [1.807, 2.05) is 13.2 Å². The first-order chi connectivity index (χ1) is 8.87. The fraction of sp³-hybridized carbons (Fsp3) is 0.667. The molecule has 0 aliphatic rings. The summed E-state index contributed by atoms with van der Waals surface area (Å²) in [6.45, 7) is 5.49. The van der Waals surface area contributed by atoms with Gasteiger partial charge in [-0.1, -0.05) is 6.92 Å². The van der Waals surface area contributed by atoms with Gasteiger partial charge in [0.05, 0.1) is 0 Å². The van der Waals surface area contributed by atoms with Gasteiger partial charge in [-0.05, 0) is 26.5 Å². The summed E-state index contributed by atoms with van der Waals surface area (Å²) in [4.78, 5) is 0.201. The van der Waals surface area contributed by atoms with E-state index in [9.17, 15) is 8.42 Å². The Labute approximate surface area is 119 Å². The first kappa shape index (κ1) is 16.6. The van der Waals surface area contributed by atoms with Crippen molar-refractivity contribution in [2.75, 3.05) is 12.0 Å². The average molecular weight is 306 g/mol. The van der Waals surface area contributed by atoms with E-state index in [1.54, 1.807) is 25.6 Å². The van der Waals surface area contributed by atoms with Crippen LogP contribution in [0.15, 0.2) is 9.31 Å². The molecule has 3 N–H and O–H groups in total. The highest BCUT2D eigenvalue weighted by molar-refractivity contribution is 7.98. The van der Waals surface area contributed by atoms with Gasteiger partial charge in [0, 0.05) is 23.9 Å². The largest absolute Gasteiger partial charge is 0.465 e. The minimum Gasteiger partial charge on any atom is -0.465 e. The van der Waals surface area contributed by atoms with Gasteiger partial charge >= 0.3 is 0 Å². The lowest BCUT2D eigenvalue weighted by molar-refractivity contribution is 0.493. The molecule has 1 atom stereocenters. The van der Waals surface area contributed by atoms with Crippen molar-refractivity contribution in [3.63, 3.8) is 0 Å². The number of aryl methyl sites for hydroxylation is 2. The third-order valence-electron chi connectivity index (χ3n) is 2.98. The van der Waals surface area contributed by atoms with Crippen molar-refractivity contribution in [3.8, 4) is 0 Å². The van der Waals surface area contributed by atoms with Gasteiger partial charge in [-0.3, -0.25) is 0 Å². The maximum Gasteiger partial charge on any atom is 0.244 e. The summed E-state index contributed by atoms with van der Waals surface area (Å²) in [6, 6.07) is -0.0831. The van der Waals surface area contributed by atoms with Crippen LogP contribution in [0, 0.1) is 13.8 Å². The highest BCUT2D eigenvalue weighted by Gasteiger charge is 2.27. The molecule has 1 unspecified atom stereocenters. The van der Waals surface area contributed by atoms with Crippen molar-refractivity contribution in [3.05, 3.63) is 17.1 Å². The number of furan rings is 1. The first-order valence-electron chi connectivity index (χ1n) is 6.17. The summed E-state index contributed by atoms with van der Waals surface area (Å²) < 4.78 is 33.0. The zero-order chi connectivity index (χ0) is 14.6. The zero-order valence-electron chi connectivity index (χ0n) is 11.8. The molecule has 1 heterocycles. The smallest absolute Gasteiger partial charge is 0.244 e. The second-order valence-electron chi connectivity index (χ2n) is 4.41. The minimum atomic E-state index is -3.58. The number of rotatable bonds is 7. The Morgan fingerprint density at radius 3 is 2.47 bits per heavy atom. The van der Waals surface area contributed by atoms with E-state index < -0.39 is 10.0 Å². The SMILES string of the molecule is CCC(CSC)NS(=O)(=O)c1c(C)oc(C)c1CN. The molecule has 0 spiro atoms. The number of hydrogen-bond acceptors (Lipinski definition) is 5. The third kappa shape index (κ3) is 3.75. The van der Waals surface area contributed by atoms with Crippen LogP contribution in [0.4, 0.5) is 0 Å². The van der Waals surface area contributed by atoms with Crippen LogP contribution in [0.1, 0.15) is 30.4 Å². The van der Waals surface area contributed by atoms with Crippen LogP contribution in [-0.2, 0) is 16.6 Å². The Morgan fingerprint density at radius 2 is 2.00 bits per heavy atom. The van der Waals surface area contributed by atoms with Gasteiger partial charge in [-0.15, -0.1) is 0 Å². The predicted molar refractivity (Wildman–Crippen MR) is 78.9 cm³/mol. The second-order valence-corrected chi connectivity index (χ2v) is 6.97. The Morgan fingerprint density at radius 1 is 1.37 bits per heavy atom. The lowest BCUT2D eigenvalue weighted by Gasteiger charge is -2.16. The summed E-state index contributed by atoms with van der Waals surface area (Å²) in [6.07, 6.45) is 2.70. The van der Waals surface area contributed by atoms with E-state index in [0.29, 0.717) is 17.1 Å². The Kier molecular flexibility index (Phi) is 5.91. The highest BCUT2D eigenvalue weighted by atomic mass is 32.2. The molecule has 0 fully saturated rings. The molecule has 0 aliphatic heterocycles. The summed E-state index contributed by atoms with van der Waals surface area (Å²) in [5.74, 6) is 1.70. The maximum absolute atomic E-state index is 12.5. The monoisotopic (exact) mass is 306 g/mol.